The van der Waals surface area contributed by atoms with E-state index in [0.29, 0.717) is 31.8 Å². The Labute approximate surface area is 119 Å². The summed E-state index contributed by atoms with van der Waals surface area (Å²) < 4.78 is 0. The molecule has 2 fully saturated rings. The highest BCUT2D eigenvalue weighted by Crippen LogP contribution is 2.22. The summed E-state index contributed by atoms with van der Waals surface area (Å²) in [7, 11) is 1.74. The summed E-state index contributed by atoms with van der Waals surface area (Å²) >= 11 is 0. The first-order valence-electron chi connectivity index (χ1n) is 7.24. The van der Waals surface area contributed by atoms with E-state index in [0.717, 1.165) is 32.6 Å². The molecule has 2 aliphatic heterocycles. The van der Waals surface area contributed by atoms with Crippen LogP contribution in [-0.4, -0.2) is 72.3 Å². The first kappa shape index (κ1) is 14.8. The third-order valence-electron chi connectivity index (χ3n) is 4.21. The second-order valence-corrected chi connectivity index (χ2v) is 5.55. The monoisotopic (exact) mass is 278 g/mol. The number of piperazine rings is 1. The van der Waals surface area contributed by atoms with E-state index >= 15 is 0 Å². The predicted molar refractivity (Wildman–Crippen MR) is 73.7 cm³/mol. The molecule has 0 N–H and O–H groups in total. The van der Waals surface area contributed by atoms with Crippen molar-refractivity contribution >= 4 is 11.8 Å². The van der Waals surface area contributed by atoms with Crippen LogP contribution in [0, 0.1) is 11.3 Å². The number of hydrogen-bond acceptors (Lipinski definition) is 4. The molecule has 20 heavy (non-hydrogen) atoms. The van der Waals surface area contributed by atoms with Crippen molar-refractivity contribution in [1.29, 1.82) is 5.26 Å². The normalized spacial score (nSPS) is 22.5. The van der Waals surface area contributed by atoms with Crippen molar-refractivity contribution in [3.63, 3.8) is 0 Å². The molecule has 110 valence electrons. The summed E-state index contributed by atoms with van der Waals surface area (Å²) in [4.78, 5) is 29.4. The number of fused-ring (bicyclic) bond motifs is 1. The molecule has 6 heteroatoms. The zero-order chi connectivity index (χ0) is 14.5. The molecule has 0 bridgehead atoms. The van der Waals surface area contributed by atoms with Gasteiger partial charge in [-0.3, -0.25) is 14.5 Å². The first-order chi connectivity index (χ1) is 9.61. The lowest BCUT2D eigenvalue weighted by Crippen LogP contribution is -2.51. The molecule has 2 heterocycles. The molecule has 0 aromatic carbocycles. The standard InChI is InChI=1S/C14H22N4O2/c1-16(7-2-6-15)13(19)5-8-17-9-10-18-12(11-17)3-4-14(18)20/h12H,2-5,7-11H2,1H3. The van der Waals surface area contributed by atoms with E-state index in [1.807, 2.05) is 11.0 Å². The van der Waals surface area contributed by atoms with Gasteiger partial charge in [0.1, 0.15) is 0 Å². The fraction of sp³-hybridized carbons (Fsp3) is 0.786. The number of carbonyl (C=O) groups excluding carboxylic acids is 2. The molecule has 2 rings (SSSR count). The van der Waals surface area contributed by atoms with Gasteiger partial charge in [0.25, 0.3) is 0 Å². The van der Waals surface area contributed by atoms with E-state index in [-0.39, 0.29) is 11.8 Å². The molecular weight excluding hydrogens is 256 g/mol. The van der Waals surface area contributed by atoms with E-state index in [9.17, 15) is 9.59 Å². The van der Waals surface area contributed by atoms with Crippen molar-refractivity contribution < 1.29 is 9.59 Å². The average molecular weight is 278 g/mol. The van der Waals surface area contributed by atoms with Gasteiger partial charge in [-0.15, -0.1) is 0 Å². The lowest BCUT2D eigenvalue weighted by atomic mass is 10.1. The third-order valence-corrected chi connectivity index (χ3v) is 4.21. The van der Waals surface area contributed by atoms with E-state index in [1.54, 1.807) is 11.9 Å². The third kappa shape index (κ3) is 3.48. The van der Waals surface area contributed by atoms with Crippen LogP contribution in [0.15, 0.2) is 0 Å². The Bertz CT molecular complexity index is 418. The van der Waals surface area contributed by atoms with E-state index in [4.69, 9.17) is 5.26 Å². The largest absolute Gasteiger partial charge is 0.345 e. The minimum atomic E-state index is 0.0881. The quantitative estimate of drug-likeness (QED) is 0.713. The number of nitriles is 1. The Morgan fingerprint density at radius 1 is 1.50 bits per heavy atom. The van der Waals surface area contributed by atoms with Crippen LogP contribution in [-0.2, 0) is 9.59 Å². The summed E-state index contributed by atoms with van der Waals surface area (Å²) in [6.07, 6.45) is 2.49. The lowest BCUT2D eigenvalue weighted by Gasteiger charge is -2.37. The molecular formula is C14H22N4O2. The second-order valence-electron chi connectivity index (χ2n) is 5.55. The predicted octanol–water partition coefficient (Wildman–Crippen LogP) is 0.0552. The molecule has 0 saturated carbocycles. The van der Waals surface area contributed by atoms with Crippen LogP contribution in [0.1, 0.15) is 25.7 Å². The smallest absolute Gasteiger partial charge is 0.223 e. The highest BCUT2D eigenvalue weighted by Gasteiger charge is 2.35. The van der Waals surface area contributed by atoms with E-state index < -0.39 is 0 Å². The number of nitrogens with zero attached hydrogens (tertiary/aromatic N) is 4. The van der Waals surface area contributed by atoms with Crippen LogP contribution < -0.4 is 0 Å². The van der Waals surface area contributed by atoms with Gasteiger partial charge in [0.2, 0.25) is 11.8 Å². The van der Waals surface area contributed by atoms with E-state index in [1.165, 1.54) is 0 Å². The number of hydrogen-bond donors (Lipinski definition) is 0. The molecule has 0 spiro atoms. The number of amides is 2. The van der Waals surface area contributed by atoms with Crippen LogP contribution in [0.3, 0.4) is 0 Å². The Morgan fingerprint density at radius 2 is 2.30 bits per heavy atom. The van der Waals surface area contributed by atoms with Crippen LogP contribution in [0.5, 0.6) is 0 Å². The zero-order valence-corrected chi connectivity index (χ0v) is 12.0. The average Bonchev–Trinajstić information content (AvgIpc) is 2.83. The topological polar surface area (TPSA) is 67.7 Å². The highest BCUT2D eigenvalue weighted by atomic mass is 16.2. The highest BCUT2D eigenvalue weighted by molar-refractivity contribution is 5.79. The molecule has 1 unspecified atom stereocenters. The van der Waals surface area contributed by atoms with Crippen LogP contribution >= 0.6 is 0 Å². The summed E-state index contributed by atoms with van der Waals surface area (Å²) in [6, 6.07) is 2.40. The molecule has 0 aromatic heterocycles. The maximum atomic E-state index is 11.9. The van der Waals surface area contributed by atoms with Crippen molar-refractivity contribution in [2.24, 2.45) is 0 Å². The zero-order valence-electron chi connectivity index (χ0n) is 12.0. The van der Waals surface area contributed by atoms with Gasteiger partial charge in [0, 0.05) is 58.7 Å². The lowest BCUT2D eigenvalue weighted by molar-refractivity contribution is -0.132. The van der Waals surface area contributed by atoms with Crippen molar-refractivity contribution in [1.82, 2.24) is 14.7 Å². The number of carbonyl (C=O) groups is 2. The van der Waals surface area contributed by atoms with Gasteiger partial charge in [0.05, 0.1) is 12.5 Å². The molecule has 0 aromatic rings. The Morgan fingerprint density at radius 3 is 3.05 bits per heavy atom. The maximum absolute atomic E-state index is 11.9. The van der Waals surface area contributed by atoms with Gasteiger partial charge in [-0.05, 0) is 6.42 Å². The van der Waals surface area contributed by atoms with Gasteiger partial charge in [-0.25, -0.2) is 0 Å². The van der Waals surface area contributed by atoms with Crippen molar-refractivity contribution in [2.75, 3.05) is 39.8 Å². The summed E-state index contributed by atoms with van der Waals surface area (Å²) in [6.45, 7) is 3.79. The maximum Gasteiger partial charge on any atom is 0.223 e. The van der Waals surface area contributed by atoms with Gasteiger partial charge < -0.3 is 9.80 Å². The fourth-order valence-corrected chi connectivity index (χ4v) is 2.92. The summed E-state index contributed by atoms with van der Waals surface area (Å²) in [5.74, 6) is 0.368. The van der Waals surface area contributed by atoms with Crippen LogP contribution in [0.25, 0.3) is 0 Å². The SMILES string of the molecule is CN(CCC#N)C(=O)CCN1CCN2C(=O)CCC2C1. The van der Waals surface area contributed by atoms with Gasteiger partial charge in [0.15, 0.2) is 0 Å². The van der Waals surface area contributed by atoms with Gasteiger partial charge in [-0.2, -0.15) is 5.26 Å². The second kappa shape index (κ2) is 6.71. The summed E-state index contributed by atoms with van der Waals surface area (Å²) in [5.41, 5.74) is 0. The van der Waals surface area contributed by atoms with Crippen molar-refractivity contribution in [2.45, 2.75) is 31.7 Å². The molecule has 2 saturated heterocycles. The molecule has 2 amide bonds. The Hall–Kier alpha value is -1.61. The van der Waals surface area contributed by atoms with Gasteiger partial charge >= 0.3 is 0 Å². The molecule has 2 aliphatic rings. The number of rotatable bonds is 5. The van der Waals surface area contributed by atoms with E-state index in [2.05, 4.69) is 4.90 Å². The first-order valence-corrected chi connectivity index (χ1v) is 7.24. The Balaban J connectivity index is 1.71. The van der Waals surface area contributed by atoms with Crippen LogP contribution in [0.2, 0.25) is 0 Å². The fourth-order valence-electron chi connectivity index (χ4n) is 2.92. The molecule has 0 radical (unpaired) electrons. The molecule has 6 nitrogen and oxygen atoms in total. The molecule has 1 atom stereocenters. The Kier molecular flexibility index (Phi) is 4.96. The van der Waals surface area contributed by atoms with Crippen LogP contribution in [0.4, 0.5) is 0 Å². The summed E-state index contributed by atoms with van der Waals surface area (Å²) in [5, 5.41) is 8.51. The minimum absolute atomic E-state index is 0.0881. The van der Waals surface area contributed by atoms with Crippen molar-refractivity contribution in [3.05, 3.63) is 0 Å². The molecule has 0 aliphatic carbocycles. The van der Waals surface area contributed by atoms with Gasteiger partial charge in [-0.1, -0.05) is 0 Å². The van der Waals surface area contributed by atoms with Crippen molar-refractivity contribution in [3.8, 4) is 6.07 Å². The minimum Gasteiger partial charge on any atom is -0.345 e.